The maximum atomic E-state index is 13.2. The first-order valence-corrected chi connectivity index (χ1v) is 7.67. The molecule has 0 amide bonds. The zero-order chi connectivity index (χ0) is 17.3. The highest BCUT2D eigenvalue weighted by Crippen LogP contribution is 2.29. The zero-order valence-electron chi connectivity index (χ0n) is 13.2. The monoisotopic (exact) mass is 343 g/mol. The molecule has 122 valence electrons. The third-order valence-corrected chi connectivity index (χ3v) is 3.79. The minimum Gasteiger partial charge on any atom is -0.383 e. The van der Waals surface area contributed by atoms with Crippen LogP contribution in [-0.2, 0) is 0 Å². The number of nitrogens with zero attached hydrogens (tertiary/aromatic N) is 3. The maximum absolute atomic E-state index is 13.2. The summed E-state index contributed by atoms with van der Waals surface area (Å²) in [5, 5.41) is 4.85. The Labute approximate surface area is 143 Å². The summed E-state index contributed by atoms with van der Waals surface area (Å²) in [6.45, 7) is 0. The van der Waals surface area contributed by atoms with Crippen LogP contribution in [0.15, 0.2) is 54.7 Å². The SMILES string of the molecule is CN(C)C=CC(=O)c1c(-c2ccc(F)cc2)nn2c(Cl)cccc12. The zero-order valence-corrected chi connectivity index (χ0v) is 14.0. The van der Waals surface area contributed by atoms with Gasteiger partial charge < -0.3 is 4.90 Å². The first-order valence-electron chi connectivity index (χ1n) is 7.29. The predicted octanol–water partition coefficient (Wildman–Crippen LogP) is 4.05. The van der Waals surface area contributed by atoms with Crippen molar-refractivity contribution in [3.05, 3.63) is 71.3 Å². The summed E-state index contributed by atoms with van der Waals surface area (Å²) in [7, 11) is 3.66. The minimum absolute atomic E-state index is 0.194. The molecular formula is C18H15ClFN3O. The normalized spacial score (nSPS) is 11.3. The molecule has 0 aliphatic rings. The predicted molar refractivity (Wildman–Crippen MR) is 92.8 cm³/mol. The Morgan fingerprint density at radius 3 is 2.58 bits per heavy atom. The lowest BCUT2D eigenvalue weighted by atomic mass is 10.0. The molecule has 6 heteroatoms. The topological polar surface area (TPSA) is 37.6 Å². The molecule has 0 fully saturated rings. The van der Waals surface area contributed by atoms with E-state index in [9.17, 15) is 9.18 Å². The second kappa shape index (κ2) is 6.45. The van der Waals surface area contributed by atoms with Crippen LogP contribution in [0.4, 0.5) is 4.39 Å². The van der Waals surface area contributed by atoms with E-state index in [2.05, 4.69) is 5.10 Å². The molecule has 2 aromatic heterocycles. The maximum Gasteiger partial charge on any atom is 0.191 e. The van der Waals surface area contributed by atoms with Gasteiger partial charge in [-0.15, -0.1) is 0 Å². The molecule has 0 saturated carbocycles. The summed E-state index contributed by atoms with van der Waals surface area (Å²) in [5.41, 5.74) is 2.16. The largest absolute Gasteiger partial charge is 0.383 e. The number of hydrogen-bond acceptors (Lipinski definition) is 3. The number of rotatable bonds is 4. The highest BCUT2D eigenvalue weighted by atomic mass is 35.5. The molecule has 3 aromatic rings. The minimum atomic E-state index is -0.346. The van der Waals surface area contributed by atoms with Crippen LogP contribution in [0.25, 0.3) is 16.8 Å². The standard InChI is InChI=1S/C18H15ClFN3O/c1-22(2)11-10-15(24)17-14-4-3-5-16(19)23(14)21-18(17)12-6-8-13(20)9-7-12/h3-11H,1-2H3. The first kappa shape index (κ1) is 16.2. The number of hydrogen-bond donors (Lipinski definition) is 0. The Hall–Kier alpha value is -2.66. The number of ketones is 1. The van der Waals surface area contributed by atoms with Crippen LogP contribution < -0.4 is 0 Å². The first-order chi connectivity index (χ1) is 11.5. The van der Waals surface area contributed by atoms with E-state index >= 15 is 0 Å². The van der Waals surface area contributed by atoms with E-state index in [1.165, 1.54) is 22.7 Å². The van der Waals surface area contributed by atoms with E-state index in [-0.39, 0.29) is 11.6 Å². The number of pyridine rings is 1. The van der Waals surface area contributed by atoms with Crippen LogP contribution >= 0.6 is 11.6 Å². The summed E-state index contributed by atoms with van der Waals surface area (Å²) in [4.78, 5) is 14.5. The van der Waals surface area contributed by atoms with E-state index in [0.29, 0.717) is 27.5 Å². The van der Waals surface area contributed by atoms with Gasteiger partial charge in [0.1, 0.15) is 16.7 Å². The van der Waals surface area contributed by atoms with Gasteiger partial charge in [0.15, 0.2) is 5.78 Å². The van der Waals surface area contributed by atoms with Crippen LogP contribution in [-0.4, -0.2) is 34.4 Å². The fourth-order valence-corrected chi connectivity index (χ4v) is 2.59. The van der Waals surface area contributed by atoms with Gasteiger partial charge in [-0.3, -0.25) is 4.79 Å². The van der Waals surface area contributed by atoms with Crippen molar-refractivity contribution >= 4 is 22.9 Å². The van der Waals surface area contributed by atoms with Crippen molar-refractivity contribution in [2.45, 2.75) is 0 Å². The molecule has 0 radical (unpaired) electrons. The van der Waals surface area contributed by atoms with E-state index in [1.807, 2.05) is 14.1 Å². The van der Waals surface area contributed by atoms with Gasteiger partial charge in [0.2, 0.25) is 0 Å². The molecule has 0 bridgehead atoms. The van der Waals surface area contributed by atoms with Gasteiger partial charge >= 0.3 is 0 Å². The molecule has 4 nitrogen and oxygen atoms in total. The van der Waals surface area contributed by atoms with Crippen molar-refractivity contribution in [2.24, 2.45) is 0 Å². The number of halogens is 2. The van der Waals surface area contributed by atoms with Gasteiger partial charge in [-0.2, -0.15) is 5.10 Å². The molecular weight excluding hydrogens is 329 g/mol. The number of allylic oxidation sites excluding steroid dienone is 1. The molecule has 2 heterocycles. The molecule has 0 atom stereocenters. The number of aromatic nitrogens is 2. The molecule has 3 rings (SSSR count). The lowest BCUT2D eigenvalue weighted by Crippen LogP contribution is -2.03. The van der Waals surface area contributed by atoms with Crippen LogP contribution in [0, 0.1) is 5.82 Å². The van der Waals surface area contributed by atoms with Gasteiger partial charge in [-0.1, -0.05) is 17.7 Å². The Kier molecular flexibility index (Phi) is 4.36. The molecule has 0 aliphatic heterocycles. The molecule has 1 aromatic carbocycles. The Morgan fingerprint density at radius 2 is 1.92 bits per heavy atom. The lowest BCUT2D eigenvalue weighted by molar-refractivity contribution is 0.104. The Morgan fingerprint density at radius 1 is 1.21 bits per heavy atom. The van der Waals surface area contributed by atoms with Crippen molar-refractivity contribution in [3.8, 4) is 11.3 Å². The van der Waals surface area contributed by atoms with Crippen molar-refractivity contribution in [3.63, 3.8) is 0 Å². The number of carbonyl (C=O) groups is 1. The average molecular weight is 344 g/mol. The molecule has 0 unspecified atom stereocenters. The van der Waals surface area contributed by atoms with Crippen LogP contribution in [0.5, 0.6) is 0 Å². The van der Waals surface area contributed by atoms with Crippen LogP contribution in [0.2, 0.25) is 5.15 Å². The van der Waals surface area contributed by atoms with Crippen molar-refractivity contribution in [1.82, 2.24) is 14.5 Å². The van der Waals surface area contributed by atoms with Gasteiger partial charge in [-0.05, 0) is 36.4 Å². The summed E-state index contributed by atoms with van der Waals surface area (Å²) in [5.74, 6) is -0.541. The summed E-state index contributed by atoms with van der Waals surface area (Å²) in [6, 6.07) is 11.1. The van der Waals surface area contributed by atoms with E-state index in [0.717, 1.165) is 0 Å². The van der Waals surface area contributed by atoms with Gasteiger partial charge in [0.25, 0.3) is 0 Å². The van der Waals surface area contributed by atoms with E-state index in [4.69, 9.17) is 11.6 Å². The molecule has 0 saturated heterocycles. The van der Waals surface area contributed by atoms with Crippen molar-refractivity contribution < 1.29 is 9.18 Å². The van der Waals surface area contributed by atoms with Gasteiger partial charge in [-0.25, -0.2) is 8.91 Å². The number of carbonyl (C=O) groups excluding carboxylic acids is 1. The third-order valence-electron chi connectivity index (χ3n) is 3.50. The lowest BCUT2D eigenvalue weighted by Gasteiger charge is -2.04. The molecule has 0 spiro atoms. The molecule has 0 N–H and O–H groups in total. The Balaban J connectivity index is 2.24. The molecule has 0 aliphatic carbocycles. The van der Waals surface area contributed by atoms with E-state index in [1.54, 1.807) is 41.4 Å². The molecule has 24 heavy (non-hydrogen) atoms. The van der Waals surface area contributed by atoms with Crippen LogP contribution in [0.1, 0.15) is 10.4 Å². The summed E-state index contributed by atoms with van der Waals surface area (Å²) < 4.78 is 14.7. The smallest absolute Gasteiger partial charge is 0.191 e. The second-order valence-corrected chi connectivity index (χ2v) is 5.91. The van der Waals surface area contributed by atoms with Gasteiger partial charge in [0.05, 0.1) is 11.1 Å². The van der Waals surface area contributed by atoms with Gasteiger partial charge in [0, 0.05) is 31.9 Å². The van der Waals surface area contributed by atoms with Crippen molar-refractivity contribution in [2.75, 3.05) is 14.1 Å². The fraction of sp³-hybridized carbons (Fsp3) is 0.111. The second-order valence-electron chi connectivity index (χ2n) is 5.52. The van der Waals surface area contributed by atoms with Crippen molar-refractivity contribution in [1.29, 1.82) is 0 Å². The average Bonchev–Trinajstić information content (AvgIpc) is 2.94. The number of benzene rings is 1. The summed E-state index contributed by atoms with van der Waals surface area (Å²) >= 11 is 6.19. The van der Waals surface area contributed by atoms with Crippen LogP contribution in [0.3, 0.4) is 0 Å². The fourth-order valence-electron chi connectivity index (χ4n) is 2.39. The highest BCUT2D eigenvalue weighted by Gasteiger charge is 2.20. The third kappa shape index (κ3) is 3.03. The van der Waals surface area contributed by atoms with E-state index < -0.39 is 0 Å². The highest BCUT2D eigenvalue weighted by molar-refractivity contribution is 6.30. The number of fused-ring (bicyclic) bond motifs is 1. The summed E-state index contributed by atoms with van der Waals surface area (Å²) in [6.07, 6.45) is 3.15. The quantitative estimate of drug-likeness (QED) is 0.407. The Bertz CT molecular complexity index is 929.